The second-order valence-corrected chi connectivity index (χ2v) is 7.85. The number of thioether (sulfide) groups is 1. The van der Waals surface area contributed by atoms with E-state index in [9.17, 15) is 13.2 Å². The van der Waals surface area contributed by atoms with Crippen LogP contribution in [0.15, 0.2) is 23.1 Å². The SMILES string of the molecule is CCc1ccc(C(=O)O)cc1S(=O)(=O)NC1CCCSC1. The third kappa shape index (κ3) is 3.99. The number of aromatic carboxylic acids is 1. The predicted molar refractivity (Wildman–Crippen MR) is 83.4 cm³/mol. The molecular formula is C14H19NO4S2. The van der Waals surface area contributed by atoms with Crippen molar-refractivity contribution in [2.45, 2.75) is 37.1 Å². The molecule has 1 fully saturated rings. The minimum Gasteiger partial charge on any atom is -0.478 e. The summed E-state index contributed by atoms with van der Waals surface area (Å²) in [6, 6.07) is 4.19. The molecule has 2 rings (SSSR count). The molecule has 7 heteroatoms. The fraction of sp³-hybridized carbons (Fsp3) is 0.500. The molecule has 21 heavy (non-hydrogen) atoms. The van der Waals surface area contributed by atoms with Gasteiger partial charge in [-0.1, -0.05) is 13.0 Å². The first-order valence-corrected chi connectivity index (χ1v) is 9.54. The summed E-state index contributed by atoms with van der Waals surface area (Å²) in [6.45, 7) is 1.85. The van der Waals surface area contributed by atoms with Crippen molar-refractivity contribution in [2.75, 3.05) is 11.5 Å². The van der Waals surface area contributed by atoms with E-state index in [0.29, 0.717) is 12.0 Å². The number of carboxylic acids is 1. The average Bonchev–Trinajstić information content (AvgIpc) is 2.47. The zero-order valence-electron chi connectivity index (χ0n) is 11.8. The van der Waals surface area contributed by atoms with E-state index in [2.05, 4.69) is 4.72 Å². The summed E-state index contributed by atoms with van der Waals surface area (Å²) < 4.78 is 27.8. The molecule has 5 nitrogen and oxygen atoms in total. The van der Waals surface area contributed by atoms with E-state index < -0.39 is 16.0 Å². The van der Waals surface area contributed by atoms with Gasteiger partial charge in [-0.2, -0.15) is 11.8 Å². The monoisotopic (exact) mass is 329 g/mol. The molecule has 0 aromatic heterocycles. The van der Waals surface area contributed by atoms with Crippen LogP contribution >= 0.6 is 11.8 Å². The molecule has 2 N–H and O–H groups in total. The van der Waals surface area contributed by atoms with E-state index in [-0.39, 0.29) is 16.5 Å². The fourth-order valence-corrected chi connectivity index (χ4v) is 5.13. The smallest absolute Gasteiger partial charge is 0.335 e. The second kappa shape index (κ2) is 6.81. The topological polar surface area (TPSA) is 83.5 Å². The number of rotatable bonds is 5. The molecule has 0 spiro atoms. The molecule has 1 atom stereocenters. The number of carboxylic acid groups (broad SMARTS) is 1. The Hall–Kier alpha value is -1.05. The summed E-state index contributed by atoms with van der Waals surface area (Å²) in [5, 5.41) is 9.04. The Balaban J connectivity index is 2.32. The number of aryl methyl sites for hydroxylation is 1. The zero-order chi connectivity index (χ0) is 15.5. The maximum absolute atomic E-state index is 12.5. The van der Waals surface area contributed by atoms with Crippen LogP contribution < -0.4 is 4.72 Å². The van der Waals surface area contributed by atoms with Crippen molar-refractivity contribution in [3.63, 3.8) is 0 Å². The molecular weight excluding hydrogens is 310 g/mol. The number of hydrogen-bond donors (Lipinski definition) is 2. The van der Waals surface area contributed by atoms with Crippen molar-refractivity contribution >= 4 is 27.8 Å². The number of sulfonamides is 1. The van der Waals surface area contributed by atoms with Crippen LogP contribution in [0.3, 0.4) is 0 Å². The Bertz CT molecular complexity index is 622. The lowest BCUT2D eigenvalue weighted by Gasteiger charge is -2.23. The average molecular weight is 329 g/mol. The van der Waals surface area contributed by atoms with Gasteiger partial charge >= 0.3 is 5.97 Å². The van der Waals surface area contributed by atoms with Crippen LogP contribution in [-0.2, 0) is 16.4 Å². The van der Waals surface area contributed by atoms with Crippen molar-refractivity contribution in [2.24, 2.45) is 0 Å². The van der Waals surface area contributed by atoms with Gasteiger partial charge in [0, 0.05) is 11.8 Å². The van der Waals surface area contributed by atoms with E-state index in [0.717, 1.165) is 24.3 Å². The van der Waals surface area contributed by atoms with Gasteiger partial charge in [0.1, 0.15) is 0 Å². The molecule has 1 aromatic carbocycles. The van der Waals surface area contributed by atoms with Crippen LogP contribution in [0.2, 0.25) is 0 Å². The van der Waals surface area contributed by atoms with Gasteiger partial charge in [-0.25, -0.2) is 17.9 Å². The van der Waals surface area contributed by atoms with Crippen LogP contribution in [0, 0.1) is 0 Å². The number of nitrogens with one attached hydrogen (secondary N) is 1. The molecule has 116 valence electrons. The number of benzene rings is 1. The first kappa shape index (κ1) is 16.3. The second-order valence-electron chi connectivity index (χ2n) is 5.02. The van der Waals surface area contributed by atoms with Crippen molar-refractivity contribution in [1.29, 1.82) is 0 Å². The molecule has 0 bridgehead atoms. The Morgan fingerprint density at radius 2 is 2.24 bits per heavy atom. The highest BCUT2D eigenvalue weighted by Gasteiger charge is 2.24. The van der Waals surface area contributed by atoms with Gasteiger partial charge in [-0.15, -0.1) is 0 Å². The largest absolute Gasteiger partial charge is 0.478 e. The Kier molecular flexibility index (Phi) is 5.29. The first-order chi connectivity index (χ1) is 9.94. The molecule has 1 aromatic rings. The standard InChI is InChI=1S/C14H19NO4S2/c1-2-10-5-6-11(14(16)17)8-13(10)21(18,19)15-12-4-3-7-20-9-12/h5-6,8,12,15H,2-4,7,9H2,1H3,(H,16,17). The Morgan fingerprint density at radius 1 is 1.48 bits per heavy atom. The molecule has 0 saturated carbocycles. The third-order valence-electron chi connectivity index (χ3n) is 3.47. The van der Waals surface area contributed by atoms with Gasteiger partial charge in [0.2, 0.25) is 10.0 Å². The maximum Gasteiger partial charge on any atom is 0.335 e. The summed E-state index contributed by atoms with van der Waals surface area (Å²) >= 11 is 1.74. The molecule has 1 heterocycles. The normalized spacial score (nSPS) is 19.4. The highest BCUT2D eigenvalue weighted by molar-refractivity contribution is 7.99. The lowest BCUT2D eigenvalue weighted by Crippen LogP contribution is -2.38. The van der Waals surface area contributed by atoms with Crippen LogP contribution in [0.4, 0.5) is 0 Å². The fourth-order valence-electron chi connectivity index (χ4n) is 2.35. The van der Waals surface area contributed by atoms with Gasteiger partial charge in [0.05, 0.1) is 10.5 Å². The van der Waals surface area contributed by atoms with Crippen molar-refractivity contribution in [3.8, 4) is 0 Å². The van der Waals surface area contributed by atoms with Gasteiger partial charge in [-0.3, -0.25) is 0 Å². The third-order valence-corrected chi connectivity index (χ3v) is 6.28. The molecule has 0 aliphatic carbocycles. The number of hydrogen-bond acceptors (Lipinski definition) is 4. The van der Waals surface area contributed by atoms with Crippen LogP contribution in [-0.4, -0.2) is 37.0 Å². The van der Waals surface area contributed by atoms with E-state index in [1.54, 1.807) is 17.8 Å². The summed E-state index contributed by atoms with van der Waals surface area (Å²) in [5.41, 5.74) is 0.626. The van der Waals surface area contributed by atoms with E-state index in [1.165, 1.54) is 12.1 Å². The molecule has 0 radical (unpaired) electrons. The lowest BCUT2D eigenvalue weighted by atomic mass is 10.1. The highest BCUT2D eigenvalue weighted by Crippen LogP contribution is 2.22. The Labute approximate surface area is 129 Å². The summed E-state index contributed by atoms with van der Waals surface area (Å²) in [5.74, 6) is 0.703. The van der Waals surface area contributed by atoms with Gasteiger partial charge < -0.3 is 5.11 Å². The summed E-state index contributed by atoms with van der Waals surface area (Å²) in [7, 11) is -3.69. The van der Waals surface area contributed by atoms with E-state index in [1.807, 2.05) is 6.92 Å². The minimum atomic E-state index is -3.69. The highest BCUT2D eigenvalue weighted by atomic mass is 32.2. The maximum atomic E-state index is 12.5. The quantitative estimate of drug-likeness (QED) is 0.864. The Morgan fingerprint density at radius 3 is 2.81 bits per heavy atom. The molecule has 1 aliphatic rings. The summed E-state index contributed by atoms with van der Waals surface area (Å²) in [4.78, 5) is 11.1. The number of carbonyl (C=O) groups is 1. The van der Waals surface area contributed by atoms with Crippen molar-refractivity contribution in [1.82, 2.24) is 4.72 Å². The van der Waals surface area contributed by atoms with Gasteiger partial charge in [0.25, 0.3) is 0 Å². The van der Waals surface area contributed by atoms with Gasteiger partial charge in [0.15, 0.2) is 0 Å². The first-order valence-electron chi connectivity index (χ1n) is 6.90. The van der Waals surface area contributed by atoms with Crippen LogP contribution in [0.1, 0.15) is 35.7 Å². The van der Waals surface area contributed by atoms with Crippen LogP contribution in [0.25, 0.3) is 0 Å². The molecule has 1 aliphatic heterocycles. The zero-order valence-corrected chi connectivity index (χ0v) is 13.5. The van der Waals surface area contributed by atoms with E-state index >= 15 is 0 Å². The molecule has 0 amide bonds. The molecule has 1 unspecified atom stereocenters. The predicted octanol–water partition coefficient (Wildman–Crippen LogP) is 2.12. The van der Waals surface area contributed by atoms with Gasteiger partial charge in [-0.05, 0) is 42.7 Å². The van der Waals surface area contributed by atoms with Crippen molar-refractivity contribution in [3.05, 3.63) is 29.3 Å². The van der Waals surface area contributed by atoms with Crippen LogP contribution in [0.5, 0.6) is 0 Å². The summed E-state index contributed by atoms with van der Waals surface area (Å²) in [6.07, 6.45) is 2.36. The lowest BCUT2D eigenvalue weighted by molar-refractivity contribution is 0.0696. The minimum absolute atomic E-state index is 0.00871. The van der Waals surface area contributed by atoms with Crippen molar-refractivity contribution < 1.29 is 18.3 Å². The molecule has 1 saturated heterocycles. The van der Waals surface area contributed by atoms with E-state index in [4.69, 9.17) is 5.11 Å².